The van der Waals surface area contributed by atoms with Crippen LogP contribution in [-0.2, 0) is 33.2 Å². The highest BCUT2D eigenvalue weighted by Crippen LogP contribution is 2.19. The largest absolute Gasteiger partial charge is 0.486 e. The summed E-state index contributed by atoms with van der Waals surface area (Å²) >= 11 is 0. The van der Waals surface area contributed by atoms with E-state index in [1.807, 2.05) is 36.1 Å². The number of hydrogen-bond acceptors (Lipinski definition) is 5. The Labute approximate surface area is 147 Å². The zero-order valence-corrected chi connectivity index (χ0v) is 14.3. The number of benzene rings is 1. The summed E-state index contributed by atoms with van der Waals surface area (Å²) in [6.07, 6.45) is 8.29. The molecule has 3 aromatic rings. The number of nitrogens with zero attached hydrogens (tertiary/aromatic N) is 5. The molecule has 0 spiro atoms. The molecule has 0 saturated carbocycles. The maximum Gasteiger partial charge on any atom is 0.146 e. The Hall–Kier alpha value is -2.73. The van der Waals surface area contributed by atoms with Crippen LogP contribution >= 0.6 is 0 Å². The van der Waals surface area contributed by atoms with Crippen LogP contribution in [0.1, 0.15) is 22.6 Å². The van der Waals surface area contributed by atoms with Gasteiger partial charge >= 0.3 is 0 Å². The number of rotatable bonds is 5. The third kappa shape index (κ3) is 3.69. The fourth-order valence-electron chi connectivity index (χ4n) is 3.07. The van der Waals surface area contributed by atoms with Gasteiger partial charge in [-0.15, -0.1) is 0 Å². The molecular weight excluding hydrogens is 314 g/mol. The molecule has 6 heteroatoms. The Morgan fingerprint density at radius 2 is 2.04 bits per heavy atom. The lowest BCUT2D eigenvalue weighted by molar-refractivity contribution is 0.241. The second kappa shape index (κ2) is 7.03. The Bertz CT molecular complexity index is 843. The maximum atomic E-state index is 5.81. The van der Waals surface area contributed by atoms with Gasteiger partial charge in [-0.05, 0) is 29.7 Å². The fourth-order valence-corrected chi connectivity index (χ4v) is 3.07. The average molecular weight is 335 g/mol. The molecule has 0 N–H and O–H groups in total. The Morgan fingerprint density at radius 3 is 2.84 bits per heavy atom. The predicted octanol–water partition coefficient (Wildman–Crippen LogP) is 2.35. The van der Waals surface area contributed by atoms with Gasteiger partial charge in [0.25, 0.3) is 0 Å². The molecule has 1 aliphatic rings. The third-order valence-corrected chi connectivity index (χ3v) is 4.57. The van der Waals surface area contributed by atoms with Gasteiger partial charge in [0.05, 0.1) is 5.69 Å². The van der Waals surface area contributed by atoms with Crippen LogP contribution in [0.25, 0.3) is 0 Å². The molecule has 0 fully saturated rings. The molecule has 25 heavy (non-hydrogen) atoms. The van der Waals surface area contributed by atoms with Crippen molar-refractivity contribution >= 4 is 0 Å². The van der Waals surface area contributed by atoms with Crippen LogP contribution < -0.4 is 4.74 Å². The van der Waals surface area contributed by atoms with Gasteiger partial charge in [-0.2, -0.15) is 0 Å². The predicted molar refractivity (Wildman–Crippen MR) is 93.8 cm³/mol. The Morgan fingerprint density at radius 1 is 1.16 bits per heavy atom. The molecule has 0 unspecified atom stereocenters. The standard InChI is InChI=1S/C19H21N5O/c1-23-9-7-21-19(23)13-25-17-4-2-15(3-5-17)11-24-8-6-16-10-20-14-22-18(16)12-24/h2-5,7,9-10,14H,6,8,11-13H2,1H3. The summed E-state index contributed by atoms with van der Waals surface area (Å²) in [4.78, 5) is 15.2. The van der Waals surface area contributed by atoms with Crippen LogP contribution in [0.5, 0.6) is 5.75 Å². The van der Waals surface area contributed by atoms with Gasteiger partial charge in [0, 0.05) is 45.3 Å². The average Bonchev–Trinajstić information content (AvgIpc) is 3.06. The molecule has 2 aromatic heterocycles. The van der Waals surface area contributed by atoms with Crippen LogP contribution in [-0.4, -0.2) is 31.0 Å². The van der Waals surface area contributed by atoms with E-state index in [4.69, 9.17) is 4.74 Å². The van der Waals surface area contributed by atoms with E-state index in [1.54, 1.807) is 12.5 Å². The number of imidazole rings is 1. The molecular formula is C19H21N5O. The Balaban J connectivity index is 1.34. The van der Waals surface area contributed by atoms with E-state index in [2.05, 4.69) is 32.0 Å². The molecule has 0 saturated heterocycles. The summed E-state index contributed by atoms with van der Waals surface area (Å²) in [6.45, 7) is 3.32. The number of hydrogen-bond donors (Lipinski definition) is 0. The summed E-state index contributed by atoms with van der Waals surface area (Å²) < 4.78 is 7.77. The van der Waals surface area contributed by atoms with Gasteiger partial charge < -0.3 is 9.30 Å². The number of ether oxygens (including phenoxy) is 1. The van der Waals surface area contributed by atoms with Crippen molar-refractivity contribution in [3.8, 4) is 5.75 Å². The van der Waals surface area contributed by atoms with E-state index in [1.165, 1.54) is 11.1 Å². The molecule has 3 heterocycles. The quantitative estimate of drug-likeness (QED) is 0.716. The highest BCUT2D eigenvalue weighted by Gasteiger charge is 2.17. The van der Waals surface area contributed by atoms with Crippen LogP contribution in [0.15, 0.2) is 49.2 Å². The highest BCUT2D eigenvalue weighted by atomic mass is 16.5. The van der Waals surface area contributed by atoms with E-state index in [9.17, 15) is 0 Å². The maximum absolute atomic E-state index is 5.81. The van der Waals surface area contributed by atoms with Gasteiger partial charge in [0.15, 0.2) is 0 Å². The van der Waals surface area contributed by atoms with Crippen molar-refractivity contribution in [1.82, 2.24) is 24.4 Å². The smallest absolute Gasteiger partial charge is 0.146 e. The minimum Gasteiger partial charge on any atom is -0.486 e. The highest BCUT2D eigenvalue weighted by molar-refractivity contribution is 5.28. The summed E-state index contributed by atoms with van der Waals surface area (Å²) in [7, 11) is 1.97. The van der Waals surface area contributed by atoms with Gasteiger partial charge in [-0.25, -0.2) is 15.0 Å². The molecule has 4 rings (SSSR count). The lowest BCUT2D eigenvalue weighted by Crippen LogP contribution is -2.30. The van der Waals surface area contributed by atoms with E-state index >= 15 is 0 Å². The fraction of sp³-hybridized carbons (Fsp3) is 0.316. The monoisotopic (exact) mass is 335 g/mol. The minimum absolute atomic E-state index is 0.478. The van der Waals surface area contributed by atoms with Crippen molar-refractivity contribution in [3.63, 3.8) is 0 Å². The van der Waals surface area contributed by atoms with Crippen LogP contribution in [0, 0.1) is 0 Å². The number of aryl methyl sites for hydroxylation is 1. The Kier molecular flexibility index (Phi) is 4.43. The SMILES string of the molecule is Cn1ccnc1COc1ccc(CN2CCc3cncnc3C2)cc1. The molecule has 0 atom stereocenters. The van der Waals surface area contributed by atoms with Crippen molar-refractivity contribution in [2.75, 3.05) is 6.54 Å². The molecule has 0 amide bonds. The van der Waals surface area contributed by atoms with Crippen molar-refractivity contribution in [2.45, 2.75) is 26.1 Å². The first kappa shape index (κ1) is 15.8. The lowest BCUT2D eigenvalue weighted by atomic mass is 10.1. The number of aromatic nitrogens is 4. The lowest BCUT2D eigenvalue weighted by Gasteiger charge is -2.27. The molecule has 0 bridgehead atoms. The summed E-state index contributed by atoms with van der Waals surface area (Å²) in [5.74, 6) is 1.78. The van der Waals surface area contributed by atoms with Crippen molar-refractivity contribution in [3.05, 3.63) is 71.8 Å². The minimum atomic E-state index is 0.478. The molecule has 0 radical (unpaired) electrons. The molecule has 1 aromatic carbocycles. The van der Waals surface area contributed by atoms with Crippen molar-refractivity contribution < 1.29 is 4.74 Å². The van der Waals surface area contributed by atoms with E-state index in [-0.39, 0.29) is 0 Å². The van der Waals surface area contributed by atoms with Crippen molar-refractivity contribution in [1.29, 1.82) is 0 Å². The summed E-state index contributed by atoms with van der Waals surface area (Å²) in [5.41, 5.74) is 3.70. The first-order valence-electron chi connectivity index (χ1n) is 8.46. The van der Waals surface area contributed by atoms with E-state index < -0.39 is 0 Å². The van der Waals surface area contributed by atoms with Gasteiger partial charge in [0.1, 0.15) is 24.5 Å². The number of fused-ring (bicyclic) bond motifs is 1. The van der Waals surface area contributed by atoms with Gasteiger partial charge in [-0.3, -0.25) is 4.90 Å². The van der Waals surface area contributed by atoms with E-state index in [0.717, 1.165) is 43.3 Å². The van der Waals surface area contributed by atoms with E-state index in [0.29, 0.717) is 6.61 Å². The first-order chi connectivity index (χ1) is 12.3. The van der Waals surface area contributed by atoms with Gasteiger partial charge in [0.2, 0.25) is 0 Å². The third-order valence-electron chi connectivity index (χ3n) is 4.57. The topological polar surface area (TPSA) is 56.1 Å². The molecule has 6 nitrogen and oxygen atoms in total. The first-order valence-corrected chi connectivity index (χ1v) is 8.46. The summed E-state index contributed by atoms with van der Waals surface area (Å²) in [5, 5.41) is 0. The second-order valence-corrected chi connectivity index (χ2v) is 6.34. The normalized spacial score (nSPS) is 14.3. The zero-order valence-electron chi connectivity index (χ0n) is 14.3. The molecule has 1 aliphatic heterocycles. The van der Waals surface area contributed by atoms with Crippen LogP contribution in [0.2, 0.25) is 0 Å². The van der Waals surface area contributed by atoms with Crippen molar-refractivity contribution in [2.24, 2.45) is 7.05 Å². The molecule has 128 valence electrons. The van der Waals surface area contributed by atoms with Crippen LogP contribution in [0.3, 0.4) is 0 Å². The zero-order chi connectivity index (χ0) is 17.1. The van der Waals surface area contributed by atoms with Crippen LogP contribution in [0.4, 0.5) is 0 Å². The molecule has 0 aliphatic carbocycles. The van der Waals surface area contributed by atoms with Gasteiger partial charge in [-0.1, -0.05) is 12.1 Å². The summed E-state index contributed by atoms with van der Waals surface area (Å²) in [6, 6.07) is 8.31. The second-order valence-electron chi connectivity index (χ2n) is 6.34.